The summed E-state index contributed by atoms with van der Waals surface area (Å²) in [6, 6.07) is 14.5. The lowest BCUT2D eigenvalue weighted by molar-refractivity contribution is -0.122. The molecule has 2 aromatic carbocycles. The first kappa shape index (κ1) is 18.1. The molecule has 5 nitrogen and oxygen atoms in total. The Hall–Kier alpha value is -1.99. The number of piperazine rings is 1. The first-order valence-electron chi connectivity index (χ1n) is 9.67. The molecule has 0 spiro atoms. The average Bonchev–Trinajstić information content (AvgIpc) is 3.39. The summed E-state index contributed by atoms with van der Waals surface area (Å²) in [5.41, 5.74) is 8.19. The van der Waals surface area contributed by atoms with E-state index in [0.29, 0.717) is 11.6 Å². The number of hydrogen-bond donors (Lipinski definition) is 2. The zero-order valence-electron chi connectivity index (χ0n) is 15.3. The third-order valence-corrected chi connectivity index (χ3v) is 6.42. The summed E-state index contributed by atoms with van der Waals surface area (Å²) >= 11 is 6.01. The normalized spacial score (nSPS) is 29.8. The predicted octanol–water partition coefficient (Wildman–Crippen LogP) is 2.73. The van der Waals surface area contributed by atoms with E-state index in [1.165, 1.54) is 11.6 Å². The smallest absolute Gasteiger partial charge is 0.244 e. The fourth-order valence-electron chi connectivity index (χ4n) is 4.86. The molecular formula is C21H22ClFN4O. The molecule has 0 aliphatic carbocycles. The first-order chi connectivity index (χ1) is 13.6. The average molecular weight is 401 g/mol. The van der Waals surface area contributed by atoms with Crippen LogP contribution in [0.4, 0.5) is 10.1 Å². The highest BCUT2D eigenvalue weighted by Crippen LogP contribution is 2.38. The minimum Gasteiger partial charge on any atom is -0.304 e. The molecule has 3 aliphatic heterocycles. The Labute approximate surface area is 168 Å². The Morgan fingerprint density at radius 1 is 1.14 bits per heavy atom. The number of anilines is 1. The van der Waals surface area contributed by atoms with Crippen molar-refractivity contribution in [2.45, 2.75) is 24.5 Å². The second-order valence-corrected chi connectivity index (χ2v) is 8.27. The van der Waals surface area contributed by atoms with Gasteiger partial charge in [-0.25, -0.2) is 9.82 Å². The summed E-state index contributed by atoms with van der Waals surface area (Å²) in [6.07, 6.45) is 0.770. The number of fused-ring (bicyclic) bond motifs is 2. The second kappa shape index (κ2) is 7.12. The molecule has 7 heteroatoms. The molecule has 2 bridgehead atoms. The third-order valence-electron chi connectivity index (χ3n) is 6.17. The summed E-state index contributed by atoms with van der Waals surface area (Å²) in [5.74, 6) is 0.0282. The van der Waals surface area contributed by atoms with Crippen molar-refractivity contribution in [3.8, 4) is 0 Å². The van der Waals surface area contributed by atoms with Gasteiger partial charge in [0.25, 0.3) is 0 Å². The number of nitrogens with one attached hydrogen (secondary N) is 2. The van der Waals surface area contributed by atoms with Gasteiger partial charge in [-0.2, -0.15) is 0 Å². The van der Waals surface area contributed by atoms with Gasteiger partial charge in [-0.05, 0) is 36.2 Å². The summed E-state index contributed by atoms with van der Waals surface area (Å²) < 4.78 is 14.2. The van der Waals surface area contributed by atoms with Crippen molar-refractivity contribution < 1.29 is 9.18 Å². The van der Waals surface area contributed by atoms with Gasteiger partial charge >= 0.3 is 0 Å². The van der Waals surface area contributed by atoms with Gasteiger partial charge in [-0.1, -0.05) is 35.9 Å². The number of rotatable bonds is 4. The molecule has 0 radical (unpaired) electrons. The number of para-hydroxylation sites is 1. The van der Waals surface area contributed by atoms with Crippen molar-refractivity contribution in [3.05, 3.63) is 64.9 Å². The number of hydrogen-bond acceptors (Lipinski definition) is 4. The highest BCUT2D eigenvalue weighted by atomic mass is 35.5. The number of likely N-dealkylation sites (tertiary alicyclic amines) is 1. The minimum atomic E-state index is -0.332. The standard InChI is InChI=1S/C21H22ClFN4O/c22-15-7-5-13(6-8-15)20-14(10-24-25-20)11-26-12-16-9-19(26)21(28)27(16)18-4-2-1-3-17(18)23/h1-8,14,16,19-20,24-25H,9-12H2/t14?,16-,19-,20?/m0/s1. The molecule has 2 N–H and O–H groups in total. The summed E-state index contributed by atoms with van der Waals surface area (Å²) in [5, 5.41) is 0.724. The van der Waals surface area contributed by atoms with Crippen LogP contribution in [0.2, 0.25) is 5.02 Å². The fraction of sp³-hybridized carbons (Fsp3) is 0.381. The van der Waals surface area contributed by atoms with Gasteiger partial charge in [-0.15, -0.1) is 0 Å². The van der Waals surface area contributed by atoms with Crippen molar-refractivity contribution in [2.24, 2.45) is 5.92 Å². The Bertz CT molecular complexity index is 892. The maximum atomic E-state index is 14.2. The van der Waals surface area contributed by atoms with E-state index in [2.05, 4.69) is 15.8 Å². The van der Waals surface area contributed by atoms with Crippen molar-refractivity contribution in [2.75, 3.05) is 24.5 Å². The molecular weight excluding hydrogens is 379 g/mol. The van der Waals surface area contributed by atoms with Crippen LogP contribution in [0, 0.1) is 11.7 Å². The van der Waals surface area contributed by atoms with Gasteiger partial charge in [0.05, 0.1) is 23.8 Å². The number of carbonyl (C=O) groups excluding carboxylic acids is 1. The van der Waals surface area contributed by atoms with Crippen LogP contribution in [0.15, 0.2) is 48.5 Å². The molecule has 5 rings (SSSR count). The molecule has 3 heterocycles. The lowest BCUT2D eigenvalue weighted by atomic mass is 9.94. The number of amides is 1. The summed E-state index contributed by atoms with van der Waals surface area (Å²) in [6.45, 7) is 2.45. The summed E-state index contributed by atoms with van der Waals surface area (Å²) in [7, 11) is 0. The molecule has 0 saturated carbocycles. The lowest BCUT2D eigenvalue weighted by Gasteiger charge is -2.35. The monoisotopic (exact) mass is 400 g/mol. The third kappa shape index (κ3) is 3.01. The van der Waals surface area contributed by atoms with E-state index in [1.54, 1.807) is 23.1 Å². The topological polar surface area (TPSA) is 47.6 Å². The highest BCUT2D eigenvalue weighted by molar-refractivity contribution is 6.30. The molecule has 146 valence electrons. The van der Waals surface area contributed by atoms with Crippen LogP contribution in [0.5, 0.6) is 0 Å². The predicted molar refractivity (Wildman–Crippen MR) is 106 cm³/mol. The molecule has 3 aliphatic rings. The van der Waals surface area contributed by atoms with Crippen molar-refractivity contribution >= 4 is 23.2 Å². The Morgan fingerprint density at radius 2 is 1.93 bits per heavy atom. The van der Waals surface area contributed by atoms with E-state index in [0.717, 1.165) is 31.1 Å². The lowest BCUT2D eigenvalue weighted by Crippen LogP contribution is -2.52. The molecule has 0 aromatic heterocycles. The molecule has 2 unspecified atom stereocenters. The van der Waals surface area contributed by atoms with Crippen molar-refractivity contribution in [1.82, 2.24) is 15.8 Å². The van der Waals surface area contributed by atoms with Gasteiger partial charge < -0.3 is 4.90 Å². The van der Waals surface area contributed by atoms with E-state index in [4.69, 9.17) is 11.6 Å². The molecule has 1 amide bonds. The fourth-order valence-corrected chi connectivity index (χ4v) is 4.99. The molecule has 3 saturated heterocycles. The number of carbonyl (C=O) groups is 1. The van der Waals surface area contributed by atoms with Crippen molar-refractivity contribution in [1.29, 1.82) is 0 Å². The van der Waals surface area contributed by atoms with Gasteiger partial charge in [0.1, 0.15) is 5.82 Å². The van der Waals surface area contributed by atoms with E-state index in [1.807, 2.05) is 24.3 Å². The summed E-state index contributed by atoms with van der Waals surface area (Å²) in [4.78, 5) is 16.9. The van der Waals surface area contributed by atoms with Gasteiger partial charge in [0, 0.05) is 30.6 Å². The number of benzene rings is 2. The van der Waals surface area contributed by atoms with Crippen LogP contribution >= 0.6 is 11.6 Å². The van der Waals surface area contributed by atoms with Crippen LogP contribution in [0.1, 0.15) is 18.0 Å². The first-order valence-corrected chi connectivity index (χ1v) is 10.0. The molecule has 4 atom stereocenters. The van der Waals surface area contributed by atoms with Gasteiger partial charge in [0.15, 0.2) is 0 Å². The Balaban J connectivity index is 1.30. The molecule has 28 heavy (non-hydrogen) atoms. The van der Waals surface area contributed by atoms with E-state index < -0.39 is 0 Å². The molecule has 2 aromatic rings. The maximum absolute atomic E-state index is 14.2. The zero-order valence-corrected chi connectivity index (χ0v) is 16.1. The van der Waals surface area contributed by atoms with Crippen molar-refractivity contribution in [3.63, 3.8) is 0 Å². The van der Waals surface area contributed by atoms with Crippen LogP contribution in [0.3, 0.4) is 0 Å². The number of nitrogens with zero attached hydrogens (tertiary/aromatic N) is 2. The van der Waals surface area contributed by atoms with Crippen LogP contribution in [-0.2, 0) is 4.79 Å². The number of halogens is 2. The number of hydrazine groups is 1. The SMILES string of the molecule is O=C1[C@@H]2C[C@@H](CN2CC2CNNC2c2ccc(Cl)cc2)N1c1ccccc1F. The maximum Gasteiger partial charge on any atom is 0.244 e. The zero-order chi connectivity index (χ0) is 19.3. The largest absolute Gasteiger partial charge is 0.304 e. The van der Waals surface area contributed by atoms with Crippen LogP contribution < -0.4 is 15.8 Å². The van der Waals surface area contributed by atoms with E-state index in [-0.39, 0.29) is 29.8 Å². The highest BCUT2D eigenvalue weighted by Gasteiger charge is 2.51. The van der Waals surface area contributed by atoms with E-state index >= 15 is 0 Å². The van der Waals surface area contributed by atoms with Crippen LogP contribution in [-0.4, -0.2) is 42.5 Å². The Kier molecular flexibility index (Phi) is 4.59. The second-order valence-electron chi connectivity index (χ2n) is 7.83. The van der Waals surface area contributed by atoms with E-state index in [9.17, 15) is 9.18 Å². The molecule has 3 fully saturated rings. The van der Waals surface area contributed by atoms with Crippen LogP contribution in [0.25, 0.3) is 0 Å². The quantitative estimate of drug-likeness (QED) is 0.828. The van der Waals surface area contributed by atoms with Gasteiger partial charge in [0.2, 0.25) is 5.91 Å². The Morgan fingerprint density at radius 3 is 2.68 bits per heavy atom. The minimum absolute atomic E-state index is 0.0170. The van der Waals surface area contributed by atoms with Gasteiger partial charge in [-0.3, -0.25) is 15.1 Å².